The maximum absolute atomic E-state index is 13.5. The number of carboxylic acids is 1. The molecule has 0 radical (unpaired) electrons. The van der Waals surface area contributed by atoms with Gasteiger partial charge in [-0.3, -0.25) is 9.59 Å². The number of allylic oxidation sites excluding steroid dienone is 2. The van der Waals surface area contributed by atoms with Crippen LogP contribution in [0.3, 0.4) is 0 Å². The van der Waals surface area contributed by atoms with Crippen molar-refractivity contribution in [3.8, 4) is 0 Å². The lowest BCUT2D eigenvalue weighted by Gasteiger charge is -2.23. The molecule has 2 bridgehead atoms. The first-order chi connectivity index (χ1) is 9.97. The molecule has 0 heterocycles. The summed E-state index contributed by atoms with van der Waals surface area (Å²) in [7, 11) is 0. The second kappa shape index (κ2) is 5.26. The number of aliphatic carboxylic acids is 1. The molecule has 2 aliphatic rings. The Bertz CT molecular complexity index is 646. The third-order valence-corrected chi connectivity index (χ3v) is 4.88. The molecule has 1 aromatic rings. The number of rotatable bonds is 3. The van der Waals surface area contributed by atoms with Crippen molar-refractivity contribution < 1.29 is 19.1 Å². The standard InChI is InChI=1S/C15H13BrFNO3/c16-10-4-3-9(6-11(10)17)18-14(19)12-7-1-2-8(5-7)13(12)15(20)21/h1-4,6-8,12-13H,5H2,(H,18,19)(H,20,21)/t7?,8?,12-,13+/m0/s1. The van der Waals surface area contributed by atoms with E-state index in [2.05, 4.69) is 21.2 Å². The number of fused-ring (bicyclic) bond motifs is 2. The Morgan fingerprint density at radius 1 is 1.24 bits per heavy atom. The number of nitrogens with one attached hydrogen (secondary N) is 1. The van der Waals surface area contributed by atoms with Gasteiger partial charge in [-0.05, 0) is 52.4 Å². The Balaban J connectivity index is 1.80. The van der Waals surface area contributed by atoms with Gasteiger partial charge in [0, 0.05) is 5.69 Å². The molecule has 0 aromatic heterocycles. The predicted octanol–water partition coefficient (Wildman–Crippen LogP) is 3.05. The van der Waals surface area contributed by atoms with Crippen LogP contribution in [0.15, 0.2) is 34.8 Å². The fourth-order valence-electron chi connectivity index (χ4n) is 3.32. The summed E-state index contributed by atoms with van der Waals surface area (Å²) in [6.45, 7) is 0. The first-order valence-electron chi connectivity index (χ1n) is 6.64. The van der Waals surface area contributed by atoms with Gasteiger partial charge in [0.05, 0.1) is 16.3 Å². The Morgan fingerprint density at radius 2 is 1.90 bits per heavy atom. The monoisotopic (exact) mass is 353 g/mol. The van der Waals surface area contributed by atoms with Crippen molar-refractivity contribution in [1.29, 1.82) is 0 Å². The van der Waals surface area contributed by atoms with Gasteiger partial charge in [-0.15, -0.1) is 0 Å². The zero-order valence-electron chi connectivity index (χ0n) is 10.9. The number of halogens is 2. The molecule has 1 aromatic carbocycles. The summed E-state index contributed by atoms with van der Waals surface area (Å²) >= 11 is 3.04. The fourth-order valence-corrected chi connectivity index (χ4v) is 3.56. The maximum Gasteiger partial charge on any atom is 0.307 e. The van der Waals surface area contributed by atoms with Gasteiger partial charge in [0.25, 0.3) is 0 Å². The van der Waals surface area contributed by atoms with E-state index in [1.54, 1.807) is 6.07 Å². The Hall–Kier alpha value is -1.69. The number of carboxylic acid groups (broad SMARTS) is 1. The van der Waals surface area contributed by atoms with E-state index < -0.39 is 23.6 Å². The Kier molecular flexibility index (Phi) is 3.57. The minimum absolute atomic E-state index is 0.0450. The van der Waals surface area contributed by atoms with Crippen LogP contribution in [-0.4, -0.2) is 17.0 Å². The maximum atomic E-state index is 13.5. The first kappa shape index (κ1) is 14.3. The van der Waals surface area contributed by atoms with Crippen molar-refractivity contribution in [3.63, 3.8) is 0 Å². The summed E-state index contributed by atoms with van der Waals surface area (Å²) in [5.41, 5.74) is 0.330. The highest BCUT2D eigenvalue weighted by Crippen LogP contribution is 2.48. The number of hydrogen-bond acceptors (Lipinski definition) is 2. The van der Waals surface area contributed by atoms with Crippen LogP contribution in [0.25, 0.3) is 0 Å². The van der Waals surface area contributed by atoms with Crippen LogP contribution in [0.5, 0.6) is 0 Å². The molecule has 1 amide bonds. The average Bonchev–Trinajstić information content (AvgIpc) is 3.03. The van der Waals surface area contributed by atoms with E-state index in [1.165, 1.54) is 12.1 Å². The zero-order chi connectivity index (χ0) is 15.1. The Morgan fingerprint density at radius 3 is 2.52 bits per heavy atom. The second-order valence-electron chi connectivity index (χ2n) is 5.46. The van der Waals surface area contributed by atoms with Crippen molar-refractivity contribution in [2.75, 3.05) is 5.32 Å². The topological polar surface area (TPSA) is 66.4 Å². The Labute approximate surface area is 129 Å². The van der Waals surface area contributed by atoms with Crippen molar-refractivity contribution >= 4 is 33.5 Å². The average molecular weight is 354 g/mol. The summed E-state index contributed by atoms with van der Waals surface area (Å²) in [6, 6.07) is 4.28. The third-order valence-electron chi connectivity index (χ3n) is 4.23. The molecule has 0 aliphatic heterocycles. The van der Waals surface area contributed by atoms with Gasteiger partial charge in [-0.25, -0.2) is 4.39 Å². The van der Waals surface area contributed by atoms with Crippen LogP contribution in [0.2, 0.25) is 0 Å². The van der Waals surface area contributed by atoms with Gasteiger partial charge >= 0.3 is 5.97 Å². The van der Waals surface area contributed by atoms with Crippen LogP contribution in [0.1, 0.15) is 6.42 Å². The normalized spacial score (nSPS) is 29.6. The SMILES string of the molecule is O=C(O)[C@@H]1C2C=CC(C2)[C@@H]1C(=O)Nc1ccc(Br)c(F)c1. The molecule has 2 N–H and O–H groups in total. The van der Waals surface area contributed by atoms with Gasteiger partial charge in [-0.1, -0.05) is 12.2 Å². The summed E-state index contributed by atoms with van der Waals surface area (Å²) in [4.78, 5) is 23.8. The van der Waals surface area contributed by atoms with Gasteiger partial charge < -0.3 is 10.4 Å². The highest BCUT2D eigenvalue weighted by molar-refractivity contribution is 9.10. The summed E-state index contributed by atoms with van der Waals surface area (Å²) in [6.07, 6.45) is 4.49. The van der Waals surface area contributed by atoms with E-state index in [-0.39, 0.29) is 17.7 Å². The summed E-state index contributed by atoms with van der Waals surface area (Å²) in [5.74, 6) is -3.20. The molecular weight excluding hydrogens is 341 g/mol. The van der Waals surface area contributed by atoms with Crippen molar-refractivity contribution in [3.05, 3.63) is 40.6 Å². The minimum Gasteiger partial charge on any atom is -0.481 e. The lowest BCUT2D eigenvalue weighted by atomic mass is 9.82. The smallest absolute Gasteiger partial charge is 0.307 e. The quantitative estimate of drug-likeness (QED) is 0.820. The molecule has 0 saturated heterocycles. The van der Waals surface area contributed by atoms with E-state index in [4.69, 9.17) is 0 Å². The lowest BCUT2D eigenvalue weighted by molar-refractivity contribution is -0.146. The van der Waals surface area contributed by atoms with Gasteiger partial charge in [0.2, 0.25) is 5.91 Å². The van der Waals surface area contributed by atoms with Crippen molar-refractivity contribution in [2.24, 2.45) is 23.7 Å². The number of anilines is 1. The van der Waals surface area contributed by atoms with E-state index in [1.807, 2.05) is 12.2 Å². The van der Waals surface area contributed by atoms with Crippen molar-refractivity contribution in [2.45, 2.75) is 6.42 Å². The second-order valence-corrected chi connectivity index (χ2v) is 6.31. The highest BCUT2D eigenvalue weighted by atomic mass is 79.9. The van der Waals surface area contributed by atoms with Crippen LogP contribution in [0.4, 0.5) is 10.1 Å². The summed E-state index contributed by atoms with van der Waals surface area (Å²) < 4.78 is 13.8. The number of carbonyl (C=O) groups is 2. The lowest BCUT2D eigenvalue weighted by Crippen LogP contribution is -2.36. The highest BCUT2D eigenvalue weighted by Gasteiger charge is 2.51. The fraction of sp³-hybridized carbons (Fsp3) is 0.333. The van der Waals surface area contributed by atoms with E-state index in [9.17, 15) is 19.1 Å². The molecule has 0 spiro atoms. The zero-order valence-corrected chi connectivity index (χ0v) is 12.5. The predicted molar refractivity (Wildman–Crippen MR) is 78.1 cm³/mol. The number of benzene rings is 1. The van der Waals surface area contributed by atoms with Crippen molar-refractivity contribution in [1.82, 2.24) is 0 Å². The molecule has 1 fully saturated rings. The summed E-state index contributed by atoms with van der Waals surface area (Å²) in [5, 5.41) is 11.9. The molecule has 4 nitrogen and oxygen atoms in total. The van der Waals surface area contributed by atoms with Gasteiger partial charge in [0.15, 0.2) is 0 Å². The van der Waals surface area contributed by atoms with Crippen LogP contribution >= 0.6 is 15.9 Å². The molecule has 21 heavy (non-hydrogen) atoms. The number of amides is 1. The molecule has 2 unspecified atom stereocenters. The molecule has 1 saturated carbocycles. The molecule has 6 heteroatoms. The van der Waals surface area contributed by atoms with Crippen LogP contribution in [0, 0.1) is 29.5 Å². The largest absolute Gasteiger partial charge is 0.481 e. The van der Waals surface area contributed by atoms with E-state index >= 15 is 0 Å². The molecular formula is C15H13BrFNO3. The van der Waals surface area contributed by atoms with Crippen LogP contribution < -0.4 is 5.32 Å². The van der Waals surface area contributed by atoms with Crippen LogP contribution in [-0.2, 0) is 9.59 Å². The molecule has 3 rings (SSSR count). The minimum atomic E-state index is -0.950. The van der Waals surface area contributed by atoms with Gasteiger partial charge in [0.1, 0.15) is 5.82 Å². The van der Waals surface area contributed by atoms with E-state index in [0.717, 1.165) is 0 Å². The molecule has 2 aliphatic carbocycles. The third kappa shape index (κ3) is 2.48. The molecule has 110 valence electrons. The van der Waals surface area contributed by atoms with E-state index in [0.29, 0.717) is 16.6 Å². The number of carbonyl (C=O) groups excluding carboxylic acids is 1. The number of hydrogen-bond donors (Lipinski definition) is 2. The van der Waals surface area contributed by atoms with Gasteiger partial charge in [-0.2, -0.15) is 0 Å². The molecule has 4 atom stereocenters. The first-order valence-corrected chi connectivity index (χ1v) is 7.43.